The molecule has 0 unspecified atom stereocenters. The minimum absolute atomic E-state index is 0.0598. The van der Waals surface area contributed by atoms with Gasteiger partial charge in [-0.1, -0.05) is 13.8 Å². The van der Waals surface area contributed by atoms with Crippen LogP contribution in [0.5, 0.6) is 11.5 Å². The third-order valence-electron chi connectivity index (χ3n) is 3.28. The smallest absolute Gasteiger partial charge is 0.243 e. The van der Waals surface area contributed by atoms with E-state index in [0.29, 0.717) is 30.0 Å². The summed E-state index contributed by atoms with van der Waals surface area (Å²) >= 11 is 0. The summed E-state index contributed by atoms with van der Waals surface area (Å²) in [5.41, 5.74) is 0.802. The second kappa shape index (κ2) is 10.4. The van der Waals surface area contributed by atoms with E-state index in [-0.39, 0.29) is 12.5 Å². The van der Waals surface area contributed by atoms with Crippen molar-refractivity contribution in [2.75, 3.05) is 46.2 Å². The van der Waals surface area contributed by atoms with Crippen LogP contribution >= 0.6 is 0 Å². The van der Waals surface area contributed by atoms with Crippen LogP contribution in [0.2, 0.25) is 0 Å². The fraction of sp³-hybridized carbons (Fsp3) is 0.556. The molecule has 0 atom stereocenters. The zero-order chi connectivity index (χ0) is 18.8. The maximum absolute atomic E-state index is 11.8. The number of amides is 1. The Hall–Kier alpha value is -2.44. The molecule has 25 heavy (non-hydrogen) atoms. The van der Waals surface area contributed by atoms with Crippen molar-refractivity contribution in [2.24, 2.45) is 10.9 Å². The second-order valence-electron chi connectivity index (χ2n) is 6.15. The Labute approximate surface area is 150 Å². The van der Waals surface area contributed by atoms with Gasteiger partial charge >= 0.3 is 0 Å². The van der Waals surface area contributed by atoms with Crippen LogP contribution < -0.4 is 20.1 Å². The molecule has 0 heterocycles. The van der Waals surface area contributed by atoms with E-state index in [1.807, 2.05) is 25.1 Å². The lowest BCUT2D eigenvalue weighted by Crippen LogP contribution is -2.35. The van der Waals surface area contributed by atoms with Crippen molar-refractivity contribution in [3.63, 3.8) is 0 Å². The summed E-state index contributed by atoms with van der Waals surface area (Å²) in [5, 5.41) is 6.45. The third-order valence-corrected chi connectivity index (χ3v) is 3.28. The van der Waals surface area contributed by atoms with Crippen molar-refractivity contribution < 1.29 is 14.3 Å². The average Bonchev–Trinajstić information content (AvgIpc) is 2.57. The lowest BCUT2D eigenvalue weighted by atomic mass is 10.2. The van der Waals surface area contributed by atoms with Gasteiger partial charge in [0, 0.05) is 32.4 Å². The summed E-state index contributed by atoms with van der Waals surface area (Å²) in [6.07, 6.45) is 0. The number of guanidine groups is 1. The van der Waals surface area contributed by atoms with Crippen molar-refractivity contribution >= 4 is 17.6 Å². The van der Waals surface area contributed by atoms with Crippen LogP contribution in [0, 0.1) is 5.92 Å². The summed E-state index contributed by atoms with van der Waals surface area (Å²) < 4.78 is 10.9. The van der Waals surface area contributed by atoms with Gasteiger partial charge in [-0.15, -0.1) is 0 Å². The Morgan fingerprint density at radius 2 is 2.00 bits per heavy atom. The van der Waals surface area contributed by atoms with Gasteiger partial charge in [-0.25, -0.2) is 4.99 Å². The molecule has 0 aliphatic carbocycles. The highest BCUT2D eigenvalue weighted by atomic mass is 16.5. The molecule has 0 saturated heterocycles. The van der Waals surface area contributed by atoms with Crippen molar-refractivity contribution in [3.8, 4) is 11.5 Å². The largest absolute Gasteiger partial charge is 0.493 e. The van der Waals surface area contributed by atoms with E-state index < -0.39 is 0 Å². The molecule has 7 nitrogen and oxygen atoms in total. The van der Waals surface area contributed by atoms with E-state index >= 15 is 0 Å². The summed E-state index contributed by atoms with van der Waals surface area (Å²) in [6.45, 7) is 7.50. The Morgan fingerprint density at radius 1 is 1.28 bits per heavy atom. The van der Waals surface area contributed by atoms with Crippen LogP contribution in [0.1, 0.15) is 20.8 Å². The summed E-state index contributed by atoms with van der Waals surface area (Å²) in [7, 11) is 5.03. The molecule has 1 amide bonds. The molecular formula is C18H30N4O3. The molecule has 0 aliphatic heterocycles. The Balaban J connectivity index is 2.93. The Bertz CT molecular complexity index is 586. The first-order valence-corrected chi connectivity index (χ1v) is 8.43. The third kappa shape index (κ3) is 7.32. The molecule has 0 aliphatic rings. The van der Waals surface area contributed by atoms with Crippen LogP contribution in [0.4, 0.5) is 5.69 Å². The molecule has 1 aromatic rings. The number of rotatable bonds is 8. The first-order chi connectivity index (χ1) is 11.9. The van der Waals surface area contributed by atoms with Gasteiger partial charge in [-0.2, -0.15) is 0 Å². The topological polar surface area (TPSA) is 75.2 Å². The number of hydrogen-bond donors (Lipinski definition) is 2. The van der Waals surface area contributed by atoms with E-state index in [9.17, 15) is 4.79 Å². The van der Waals surface area contributed by atoms with E-state index in [1.165, 1.54) is 4.90 Å². The molecular weight excluding hydrogens is 320 g/mol. The van der Waals surface area contributed by atoms with E-state index in [0.717, 1.165) is 12.2 Å². The maximum Gasteiger partial charge on any atom is 0.243 e. The molecule has 1 aromatic carbocycles. The number of nitrogens with zero attached hydrogens (tertiary/aromatic N) is 2. The molecule has 2 N–H and O–H groups in total. The van der Waals surface area contributed by atoms with Gasteiger partial charge in [0.25, 0.3) is 0 Å². The number of carbonyl (C=O) groups is 1. The second-order valence-corrected chi connectivity index (χ2v) is 6.15. The minimum atomic E-state index is -0.0598. The van der Waals surface area contributed by atoms with E-state index in [2.05, 4.69) is 29.5 Å². The Morgan fingerprint density at radius 3 is 2.56 bits per heavy atom. The highest BCUT2D eigenvalue weighted by molar-refractivity contribution is 5.95. The molecule has 0 aromatic heterocycles. The summed E-state index contributed by atoms with van der Waals surface area (Å²) in [5.74, 6) is 2.27. The van der Waals surface area contributed by atoms with Crippen LogP contribution in [0.15, 0.2) is 23.2 Å². The number of methoxy groups -OCH3 is 1. The SMILES string of the molecule is CCOc1cc(NC(=NCC(=O)N(C)C)NCC(C)C)ccc1OC. The van der Waals surface area contributed by atoms with Crippen LogP contribution in [-0.4, -0.2) is 57.7 Å². The van der Waals surface area contributed by atoms with Crippen LogP contribution in [0.25, 0.3) is 0 Å². The zero-order valence-electron chi connectivity index (χ0n) is 16.0. The molecule has 1 rings (SSSR count). The first kappa shape index (κ1) is 20.6. The normalized spacial score (nSPS) is 11.2. The van der Waals surface area contributed by atoms with Crippen molar-refractivity contribution in [3.05, 3.63) is 18.2 Å². The monoisotopic (exact) mass is 350 g/mol. The fourth-order valence-electron chi connectivity index (χ4n) is 1.89. The summed E-state index contributed by atoms with van der Waals surface area (Å²) in [4.78, 5) is 17.7. The average molecular weight is 350 g/mol. The molecule has 0 saturated carbocycles. The van der Waals surface area contributed by atoms with Gasteiger partial charge in [-0.3, -0.25) is 4.79 Å². The van der Waals surface area contributed by atoms with Crippen LogP contribution in [-0.2, 0) is 4.79 Å². The fourth-order valence-corrected chi connectivity index (χ4v) is 1.89. The number of benzene rings is 1. The van der Waals surface area contributed by atoms with Gasteiger partial charge in [0.15, 0.2) is 17.5 Å². The van der Waals surface area contributed by atoms with Gasteiger partial charge in [0.1, 0.15) is 6.54 Å². The minimum Gasteiger partial charge on any atom is -0.493 e. The number of nitrogens with one attached hydrogen (secondary N) is 2. The van der Waals surface area contributed by atoms with Crippen molar-refractivity contribution in [2.45, 2.75) is 20.8 Å². The number of hydrogen-bond acceptors (Lipinski definition) is 4. The number of ether oxygens (including phenoxy) is 2. The van der Waals surface area contributed by atoms with Crippen molar-refractivity contribution in [1.29, 1.82) is 0 Å². The number of likely N-dealkylation sites (N-methyl/N-ethyl adjacent to an activating group) is 1. The van der Waals surface area contributed by atoms with Gasteiger partial charge in [0.05, 0.1) is 13.7 Å². The molecule has 140 valence electrons. The molecule has 0 bridgehead atoms. The zero-order valence-corrected chi connectivity index (χ0v) is 16.0. The van der Waals surface area contributed by atoms with Gasteiger partial charge in [-0.05, 0) is 25.0 Å². The Kier molecular flexibility index (Phi) is 8.60. The highest BCUT2D eigenvalue weighted by Gasteiger charge is 2.09. The number of aliphatic imine (C=N–C) groups is 1. The molecule has 7 heteroatoms. The van der Waals surface area contributed by atoms with Crippen molar-refractivity contribution in [1.82, 2.24) is 10.2 Å². The predicted octanol–water partition coefficient (Wildman–Crippen LogP) is 2.20. The lowest BCUT2D eigenvalue weighted by molar-refractivity contribution is -0.127. The molecule has 0 radical (unpaired) electrons. The molecule has 0 spiro atoms. The van der Waals surface area contributed by atoms with E-state index in [4.69, 9.17) is 9.47 Å². The standard InChI is InChI=1S/C18H30N4O3/c1-7-25-16-10-14(8-9-15(16)24-6)21-18(19-11-13(2)3)20-12-17(23)22(4)5/h8-10,13H,7,11-12H2,1-6H3,(H2,19,20,21). The summed E-state index contributed by atoms with van der Waals surface area (Å²) in [6, 6.07) is 5.56. The lowest BCUT2D eigenvalue weighted by Gasteiger charge is -2.16. The number of anilines is 1. The van der Waals surface area contributed by atoms with E-state index in [1.54, 1.807) is 21.2 Å². The first-order valence-electron chi connectivity index (χ1n) is 8.43. The quantitative estimate of drug-likeness (QED) is 0.555. The maximum atomic E-state index is 11.8. The van der Waals surface area contributed by atoms with Crippen LogP contribution in [0.3, 0.4) is 0 Å². The van der Waals surface area contributed by atoms with Gasteiger partial charge in [0.2, 0.25) is 5.91 Å². The number of carbonyl (C=O) groups excluding carboxylic acids is 1. The molecule has 0 fully saturated rings. The predicted molar refractivity (Wildman–Crippen MR) is 102 cm³/mol. The van der Waals surface area contributed by atoms with Gasteiger partial charge < -0.3 is 25.0 Å². The highest BCUT2D eigenvalue weighted by Crippen LogP contribution is 2.30.